The van der Waals surface area contributed by atoms with E-state index in [4.69, 9.17) is 0 Å². The largest absolute Gasteiger partial charge is 0.293 e. The van der Waals surface area contributed by atoms with Crippen molar-refractivity contribution in [3.63, 3.8) is 0 Å². The van der Waals surface area contributed by atoms with Gasteiger partial charge >= 0.3 is 0 Å². The summed E-state index contributed by atoms with van der Waals surface area (Å²) in [4.78, 5) is 27.1. The lowest BCUT2D eigenvalue weighted by Gasteiger charge is -2.12. The molecule has 0 radical (unpaired) electrons. The van der Waals surface area contributed by atoms with Crippen molar-refractivity contribution < 1.29 is 9.59 Å². The van der Waals surface area contributed by atoms with Gasteiger partial charge in [-0.3, -0.25) is 14.5 Å². The standard InChI is InChI=1S/C16H13NO2S2/c1-11-4-6-12(7-5-11)10-17-15(18)14(21-16(17)19)9-13-3-2-8-20-13/h2-9H,10H2,1H3/b14-9-. The van der Waals surface area contributed by atoms with Crippen LogP contribution in [0.4, 0.5) is 4.79 Å². The number of thiophene rings is 1. The van der Waals surface area contributed by atoms with Gasteiger partial charge in [0.1, 0.15) is 0 Å². The average molecular weight is 315 g/mol. The maximum Gasteiger partial charge on any atom is 0.293 e. The number of amides is 2. The Morgan fingerprint density at radius 3 is 2.57 bits per heavy atom. The van der Waals surface area contributed by atoms with Gasteiger partial charge in [0.05, 0.1) is 11.4 Å². The lowest BCUT2D eigenvalue weighted by Crippen LogP contribution is -2.27. The molecule has 0 bridgehead atoms. The van der Waals surface area contributed by atoms with Gasteiger partial charge in [-0.05, 0) is 41.8 Å². The lowest BCUT2D eigenvalue weighted by atomic mass is 10.1. The van der Waals surface area contributed by atoms with Crippen LogP contribution in [-0.2, 0) is 11.3 Å². The molecule has 3 nitrogen and oxygen atoms in total. The number of benzene rings is 1. The number of carbonyl (C=O) groups is 2. The number of imide groups is 1. The molecule has 0 N–H and O–H groups in total. The SMILES string of the molecule is Cc1ccc(CN2C(=O)S/C(=C\c3cccs3)C2=O)cc1. The predicted octanol–water partition coefficient (Wildman–Crippen LogP) is 4.29. The third-order valence-corrected chi connectivity index (χ3v) is 4.88. The van der Waals surface area contributed by atoms with Crippen LogP contribution < -0.4 is 0 Å². The van der Waals surface area contributed by atoms with Gasteiger partial charge in [-0.25, -0.2) is 0 Å². The van der Waals surface area contributed by atoms with E-state index in [-0.39, 0.29) is 11.1 Å². The molecule has 0 aliphatic carbocycles. The van der Waals surface area contributed by atoms with Crippen molar-refractivity contribution in [3.05, 3.63) is 62.7 Å². The molecule has 2 heterocycles. The van der Waals surface area contributed by atoms with Crippen LogP contribution in [0.25, 0.3) is 6.08 Å². The van der Waals surface area contributed by atoms with Crippen molar-refractivity contribution in [1.82, 2.24) is 4.90 Å². The molecule has 0 saturated carbocycles. The first-order chi connectivity index (χ1) is 10.1. The Bertz CT molecular complexity index is 702. The smallest absolute Gasteiger partial charge is 0.268 e. The van der Waals surface area contributed by atoms with Gasteiger partial charge in [-0.2, -0.15) is 0 Å². The van der Waals surface area contributed by atoms with Gasteiger partial charge in [0.15, 0.2) is 0 Å². The topological polar surface area (TPSA) is 37.4 Å². The molecule has 2 amide bonds. The first-order valence-electron chi connectivity index (χ1n) is 6.48. The molecule has 0 spiro atoms. The Morgan fingerprint density at radius 1 is 1.14 bits per heavy atom. The van der Waals surface area contributed by atoms with E-state index in [1.54, 1.807) is 17.4 Å². The molecule has 1 aliphatic rings. The molecule has 21 heavy (non-hydrogen) atoms. The number of rotatable bonds is 3. The summed E-state index contributed by atoms with van der Waals surface area (Å²) in [6.45, 7) is 2.33. The van der Waals surface area contributed by atoms with Gasteiger partial charge in [0.2, 0.25) is 0 Å². The van der Waals surface area contributed by atoms with E-state index in [0.29, 0.717) is 11.4 Å². The molecule has 2 aromatic rings. The fourth-order valence-corrected chi connectivity index (χ4v) is 3.58. The maximum absolute atomic E-state index is 12.3. The van der Waals surface area contributed by atoms with Crippen molar-refractivity contribution in [2.24, 2.45) is 0 Å². The van der Waals surface area contributed by atoms with E-state index in [1.807, 2.05) is 48.7 Å². The zero-order valence-electron chi connectivity index (χ0n) is 11.4. The Hall–Kier alpha value is -1.85. The summed E-state index contributed by atoms with van der Waals surface area (Å²) in [5.74, 6) is -0.209. The number of aryl methyl sites for hydroxylation is 1. The number of hydrogen-bond donors (Lipinski definition) is 0. The van der Waals surface area contributed by atoms with Gasteiger partial charge in [-0.1, -0.05) is 35.9 Å². The maximum atomic E-state index is 12.3. The third-order valence-electron chi connectivity index (χ3n) is 3.15. The highest BCUT2D eigenvalue weighted by Crippen LogP contribution is 2.33. The van der Waals surface area contributed by atoms with E-state index in [0.717, 1.165) is 27.8 Å². The Balaban J connectivity index is 1.79. The summed E-state index contributed by atoms with van der Waals surface area (Å²) in [5.41, 5.74) is 2.12. The zero-order valence-corrected chi connectivity index (χ0v) is 13.0. The summed E-state index contributed by atoms with van der Waals surface area (Å²) in [5, 5.41) is 1.74. The predicted molar refractivity (Wildman–Crippen MR) is 87.0 cm³/mol. The van der Waals surface area contributed by atoms with Crippen LogP contribution in [0.5, 0.6) is 0 Å². The summed E-state index contributed by atoms with van der Waals surface area (Å²) in [7, 11) is 0. The van der Waals surface area contributed by atoms with E-state index in [2.05, 4.69) is 0 Å². The second kappa shape index (κ2) is 5.87. The van der Waals surface area contributed by atoms with Crippen LogP contribution in [0.2, 0.25) is 0 Å². The van der Waals surface area contributed by atoms with E-state index >= 15 is 0 Å². The van der Waals surface area contributed by atoms with Crippen LogP contribution in [-0.4, -0.2) is 16.0 Å². The lowest BCUT2D eigenvalue weighted by molar-refractivity contribution is -0.123. The molecule has 1 fully saturated rings. The first-order valence-corrected chi connectivity index (χ1v) is 8.17. The number of nitrogens with zero attached hydrogens (tertiary/aromatic N) is 1. The zero-order chi connectivity index (χ0) is 14.8. The van der Waals surface area contributed by atoms with Crippen LogP contribution in [0.15, 0.2) is 46.7 Å². The summed E-state index contributed by atoms with van der Waals surface area (Å²) >= 11 is 2.56. The molecule has 1 aromatic heterocycles. The first kappa shape index (κ1) is 14.1. The van der Waals surface area contributed by atoms with Gasteiger partial charge in [0.25, 0.3) is 11.1 Å². The van der Waals surface area contributed by atoms with Crippen molar-refractivity contribution in [2.75, 3.05) is 0 Å². The van der Waals surface area contributed by atoms with E-state index < -0.39 is 0 Å². The monoisotopic (exact) mass is 315 g/mol. The quantitative estimate of drug-likeness (QED) is 0.793. The Kier molecular flexibility index (Phi) is 3.94. The van der Waals surface area contributed by atoms with Gasteiger partial charge in [0, 0.05) is 4.88 Å². The molecule has 106 valence electrons. The minimum atomic E-state index is -0.209. The molecule has 1 saturated heterocycles. The van der Waals surface area contributed by atoms with Crippen molar-refractivity contribution >= 4 is 40.3 Å². The average Bonchev–Trinajstić information content (AvgIpc) is 3.06. The van der Waals surface area contributed by atoms with Gasteiger partial charge < -0.3 is 0 Å². The number of hydrogen-bond acceptors (Lipinski definition) is 4. The van der Waals surface area contributed by atoms with Crippen LogP contribution in [0, 0.1) is 6.92 Å². The highest BCUT2D eigenvalue weighted by atomic mass is 32.2. The second-order valence-corrected chi connectivity index (χ2v) is 6.74. The molecule has 0 atom stereocenters. The second-order valence-electron chi connectivity index (χ2n) is 4.77. The van der Waals surface area contributed by atoms with Crippen molar-refractivity contribution in [3.8, 4) is 0 Å². The molecular weight excluding hydrogens is 302 g/mol. The van der Waals surface area contributed by atoms with Crippen molar-refractivity contribution in [2.45, 2.75) is 13.5 Å². The third kappa shape index (κ3) is 3.09. The molecule has 1 aromatic carbocycles. The fourth-order valence-electron chi connectivity index (χ4n) is 2.01. The minimum Gasteiger partial charge on any atom is -0.268 e. The molecule has 5 heteroatoms. The number of carbonyl (C=O) groups excluding carboxylic acids is 2. The normalized spacial score (nSPS) is 17.0. The van der Waals surface area contributed by atoms with Gasteiger partial charge in [-0.15, -0.1) is 11.3 Å². The minimum absolute atomic E-state index is 0.205. The fraction of sp³-hybridized carbons (Fsp3) is 0.125. The van der Waals surface area contributed by atoms with Crippen molar-refractivity contribution in [1.29, 1.82) is 0 Å². The molecule has 1 aliphatic heterocycles. The summed E-state index contributed by atoms with van der Waals surface area (Å²) in [6.07, 6.45) is 1.78. The molecule has 3 rings (SSSR count). The Morgan fingerprint density at radius 2 is 1.90 bits per heavy atom. The van der Waals surface area contributed by atoms with Crippen LogP contribution in [0.3, 0.4) is 0 Å². The van der Waals surface area contributed by atoms with Crippen LogP contribution in [0.1, 0.15) is 16.0 Å². The number of thioether (sulfide) groups is 1. The summed E-state index contributed by atoms with van der Waals surface area (Å²) < 4.78 is 0. The Labute approximate surface area is 131 Å². The summed E-state index contributed by atoms with van der Waals surface area (Å²) in [6, 6.07) is 11.7. The van der Waals surface area contributed by atoms with Crippen LogP contribution >= 0.6 is 23.1 Å². The van der Waals surface area contributed by atoms with E-state index in [1.165, 1.54) is 4.90 Å². The highest BCUT2D eigenvalue weighted by Gasteiger charge is 2.34. The highest BCUT2D eigenvalue weighted by molar-refractivity contribution is 8.18. The molecule has 0 unspecified atom stereocenters. The molecular formula is C16H13NO2S2. The van der Waals surface area contributed by atoms with E-state index in [9.17, 15) is 9.59 Å².